The third-order valence-corrected chi connectivity index (χ3v) is 1.97. The van der Waals surface area contributed by atoms with E-state index in [4.69, 9.17) is 0 Å². The Morgan fingerprint density at radius 3 is 2.00 bits per heavy atom. The number of Topliss-reactive ketones (excluding diaryl/α,β-unsaturated/α-hetero) is 1. The van der Waals surface area contributed by atoms with Gasteiger partial charge in [0.1, 0.15) is 0 Å². The number of ketones is 1. The van der Waals surface area contributed by atoms with Gasteiger partial charge in [0.05, 0.1) is 0 Å². The maximum Gasteiger partial charge on any atom is 0.157 e. The highest BCUT2D eigenvalue weighted by Gasteiger charge is 2.08. The van der Waals surface area contributed by atoms with Crippen molar-refractivity contribution in [3.05, 3.63) is 11.3 Å². The molecule has 0 aliphatic heterocycles. The Bertz CT molecular complexity index is 257. The van der Waals surface area contributed by atoms with Gasteiger partial charge >= 0.3 is 0 Å². The highest BCUT2D eigenvalue weighted by Crippen LogP contribution is 2.17. The molecule has 14 heavy (non-hydrogen) atoms. The van der Waals surface area contributed by atoms with Crippen molar-refractivity contribution in [1.82, 2.24) is 0 Å². The first-order valence-electron chi connectivity index (χ1n) is 5.27. The van der Waals surface area contributed by atoms with Gasteiger partial charge in [0.15, 0.2) is 5.78 Å². The molecular weight excluding hydrogens is 174 g/mol. The normalized spacial score (nSPS) is 12.1. The molecule has 0 aromatic rings. The van der Waals surface area contributed by atoms with Gasteiger partial charge in [0, 0.05) is 17.0 Å². The molecule has 0 aliphatic rings. The first-order valence-corrected chi connectivity index (χ1v) is 5.27. The minimum atomic E-state index is 0.161. The summed E-state index contributed by atoms with van der Waals surface area (Å²) in [5, 5.41) is 0. The van der Waals surface area contributed by atoms with Crippen LogP contribution in [0.25, 0.3) is 0 Å². The zero-order chi connectivity index (χ0) is 11.1. The third kappa shape index (κ3) is 4.35. The lowest BCUT2D eigenvalue weighted by Crippen LogP contribution is -2.01. The van der Waals surface area contributed by atoms with Crippen LogP contribution in [0.4, 0.5) is 0 Å². The molecule has 2 nitrogen and oxygen atoms in total. The SMILES string of the molecule is CCC/C(C(C)=O)=C(\CC)N=C(C)C. The second-order valence-electron chi connectivity index (χ2n) is 3.64. The molecule has 80 valence electrons. The molecule has 0 heterocycles. The van der Waals surface area contributed by atoms with Crippen molar-refractivity contribution >= 4 is 11.5 Å². The van der Waals surface area contributed by atoms with Crippen LogP contribution in [0.1, 0.15) is 53.9 Å². The monoisotopic (exact) mass is 195 g/mol. The van der Waals surface area contributed by atoms with E-state index in [1.165, 1.54) is 0 Å². The van der Waals surface area contributed by atoms with E-state index in [1.807, 2.05) is 20.8 Å². The van der Waals surface area contributed by atoms with Crippen LogP contribution in [0.3, 0.4) is 0 Å². The van der Waals surface area contributed by atoms with Gasteiger partial charge in [-0.3, -0.25) is 9.79 Å². The highest BCUT2D eigenvalue weighted by molar-refractivity contribution is 5.94. The van der Waals surface area contributed by atoms with Gasteiger partial charge < -0.3 is 0 Å². The van der Waals surface area contributed by atoms with Crippen molar-refractivity contribution in [3.63, 3.8) is 0 Å². The van der Waals surface area contributed by atoms with Crippen molar-refractivity contribution < 1.29 is 4.79 Å². The Kier molecular flexibility index (Phi) is 6.09. The van der Waals surface area contributed by atoms with Gasteiger partial charge in [-0.2, -0.15) is 0 Å². The molecule has 2 heteroatoms. The van der Waals surface area contributed by atoms with Crippen LogP contribution in [0.15, 0.2) is 16.3 Å². The lowest BCUT2D eigenvalue weighted by molar-refractivity contribution is -0.113. The minimum absolute atomic E-state index is 0.161. The summed E-state index contributed by atoms with van der Waals surface area (Å²) in [6.07, 6.45) is 2.67. The van der Waals surface area contributed by atoms with Crippen LogP contribution in [0, 0.1) is 0 Å². The fourth-order valence-electron chi connectivity index (χ4n) is 1.40. The van der Waals surface area contributed by atoms with E-state index >= 15 is 0 Å². The van der Waals surface area contributed by atoms with E-state index < -0.39 is 0 Å². The van der Waals surface area contributed by atoms with E-state index in [2.05, 4.69) is 11.9 Å². The van der Waals surface area contributed by atoms with Crippen LogP contribution >= 0.6 is 0 Å². The van der Waals surface area contributed by atoms with Crippen LogP contribution in [0.5, 0.6) is 0 Å². The average Bonchev–Trinajstić information content (AvgIpc) is 2.10. The smallest absolute Gasteiger partial charge is 0.157 e. The van der Waals surface area contributed by atoms with Gasteiger partial charge in [-0.05, 0) is 33.6 Å². The number of hydrogen-bond acceptors (Lipinski definition) is 2. The quantitative estimate of drug-likeness (QED) is 0.487. The minimum Gasteiger partial charge on any atom is -0.295 e. The number of carbonyl (C=O) groups excluding carboxylic acids is 1. The number of allylic oxidation sites excluding steroid dienone is 2. The molecule has 0 unspecified atom stereocenters. The molecule has 0 spiro atoms. The largest absolute Gasteiger partial charge is 0.295 e. The van der Waals surface area contributed by atoms with Gasteiger partial charge in [-0.1, -0.05) is 20.3 Å². The molecule has 0 radical (unpaired) electrons. The first kappa shape index (κ1) is 13.1. The fraction of sp³-hybridized carbons (Fsp3) is 0.667. The van der Waals surface area contributed by atoms with Crippen molar-refractivity contribution in [2.75, 3.05) is 0 Å². The Morgan fingerprint density at radius 2 is 1.71 bits per heavy atom. The van der Waals surface area contributed by atoms with Crippen molar-refractivity contribution in [2.24, 2.45) is 4.99 Å². The lowest BCUT2D eigenvalue weighted by atomic mass is 10.0. The highest BCUT2D eigenvalue weighted by atomic mass is 16.1. The maximum atomic E-state index is 11.4. The standard InChI is InChI=1S/C12H21NO/c1-6-8-11(10(5)14)12(7-2)13-9(3)4/h6-8H2,1-5H3/b12-11-. The van der Waals surface area contributed by atoms with Crippen LogP contribution in [0.2, 0.25) is 0 Å². The van der Waals surface area contributed by atoms with E-state index in [9.17, 15) is 4.79 Å². The Morgan fingerprint density at radius 1 is 1.14 bits per heavy atom. The topological polar surface area (TPSA) is 29.4 Å². The van der Waals surface area contributed by atoms with Gasteiger partial charge in [0.2, 0.25) is 0 Å². The predicted molar refractivity (Wildman–Crippen MR) is 61.7 cm³/mol. The molecule has 0 atom stereocenters. The van der Waals surface area contributed by atoms with Crippen LogP contribution in [-0.4, -0.2) is 11.5 Å². The van der Waals surface area contributed by atoms with E-state index in [1.54, 1.807) is 6.92 Å². The lowest BCUT2D eigenvalue weighted by Gasteiger charge is -2.07. The number of hydrogen-bond donors (Lipinski definition) is 0. The van der Waals surface area contributed by atoms with Gasteiger partial charge in [-0.25, -0.2) is 0 Å². The Hall–Kier alpha value is -0.920. The van der Waals surface area contributed by atoms with Crippen molar-refractivity contribution in [2.45, 2.75) is 53.9 Å². The Balaban J connectivity index is 5.08. The maximum absolute atomic E-state index is 11.4. The number of aliphatic imine (C=N–C) groups is 1. The van der Waals surface area contributed by atoms with Crippen molar-refractivity contribution in [1.29, 1.82) is 0 Å². The third-order valence-electron chi connectivity index (χ3n) is 1.97. The summed E-state index contributed by atoms with van der Waals surface area (Å²) in [4.78, 5) is 15.8. The molecule has 0 fully saturated rings. The zero-order valence-corrected chi connectivity index (χ0v) is 9.98. The molecule has 0 aliphatic carbocycles. The first-order chi connectivity index (χ1) is 6.52. The molecule has 0 saturated carbocycles. The fourth-order valence-corrected chi connectivity index (χ4v) is 1.40. The molecule has 0 amide bonds. The average molecular weight is 195 g/mol. The molecule has 0 saturated heterocycles. The number of carbonyl (C=O) groups is 1. The summed E-state index contributed by atoms with van der Waals surface area (Å²) < 4.78 is 0. The summed E-state index contributed by atoms with van der Waals surface area (Å²) in [6.45, 7) is 9.67. The van der Waals surface area contributed by atoms with Crippen molar-refractivity contribution in [3.8, 4) is 0 Å². The second kappa shape index (κ2) is 6.52. The zero-order valence-electron chi connectivity index (χ0n) is 9.98. The molecular formula is C12H21NO. The Labute approximate surface area is 87.1 Å². The van der Waals surface area contributed by atoms with Gasteiger partial charge in [-0.15, -0.1) is 0 Å². The summed E-state index contributed by atoms with van der Waals surface area (Å²) >= 11 is 0. The molecule has 0 aromatic carbocycles. The summed E-state index contributed by atoms with van der Waals surface area (Å²) in [5.74, 6) is 0.161. The number of nitrogens with zero attached hydrogens (tertiary/aromatic N) is 1. The second-order valence-corrected chi connectivity index (χ2v) is 3.64. The van der Waals surface area contributed by atoms with Crippen LogP contribution < -0.4 is 0 Å². The van der Waals surface area contributed by atoms with E-state index in [0.29, 0.717) is 0 Å². The van der Waals surface area contributed by atoms with E-state index in [-0.39, 0.29) is 5.78 Å². The number of rotatable bonds is 5. The molecule has 0 rings (SSSR count). The summed E-state index contributed by atoms with van der Waals surface area (Å²) in [5.41, 5.74) is 2.87. The molecule has 0 aromatic heterocycles. The summed E-state index contributed by atoms with van der Waals surface area (Å²) in [7, 11) is 0. The predicted octanol–water partition coefficient (Wildman–Crippen LogP) is 3.52. The molecule has 0 bridgehead atoms. The van der Waals surface area contributed by atoms with Crippen LogP contribution in [-0.2, 0) is 4.79 Å². The van der Waals surface area contributed by atoms with E-state index in [0.717, 1.165) is 36.2 Å². The molecule has 0 N–H and O–H groups in total. The van der Waals surface area contributed by atoms with Gasteiger partial charge in [0.25, 0.3) is 0 Å². The summed E-state index contributed by atoms with van der Waals surface area (Å²) in [6, 6.07) is 0.